The van der Waals surface area contributed by atoms with Crippen molar-refractivity contribution >= 4 is 16.6 Å². The van der Waals surface area contributed by atoms with E-state index in [0.717, 1.165) is 32.1 Å². The third kappa shape index (κ3) is 5.49. The zero-order valence-electron chi connectivity index (χ0n) is 30.1. The quantitative estimate of drug-likeness (QED) is 0.226. The average Bonchev–Trinajstić information content (AvgIpc) is 3.08. The number of fused-ring (bicyclic) bond motifs is 5. The molecule has 0 aromatic heterocycles. The van der Waals surface area contributed by atoms with E-state index in [9.17, 15) is 5.11 Å². The lowest BCUT2D eigenvalue weighted by Crippen LogP contribution is -2.71. The second-order valence-corrected chi connectivity index (χ2v) is 28.4. The minimum absolute atomic E-state index is 0.0169. The number of ether oxygens (including phenoxy) is 2. The smallest absolute Gasteiger partial charge is 0.192 e. The molecule has 4 aliphatic carbocycles. The van der Waals surface area contributed by atoms with Gasteiger partial charge in [-0.2, -0.15) is 0 Å². The Kier molecular flexibility index (Phi) is 9.35. The number of aliphatic hydroxyl groups excluding tert-OH is 1. The van der Waals surface area contributed by atoms with Crippen molar-refractivity contribution in [3.63, 3.8) is 0 Å². The van der Waals surface area contributed by atoms with Gasteiger partial charge < -0.3 is 23.4 Å². The number of rotatable bonds is 7. The molecular formula is C35H68O5Si2. The van der Waals surface area contributed by atoms with E-state index >= 15 is 0 Å². The monoisotopic (exact) mass is 624 g/mol. The van der Waals surface area contributed by atoms with Crippen LogP contribution in [0.25, 0.3) is 0 Å². The highest BCUT2D eigenvalue weighted by Gasteiger charge is 2.74. The lowest BCUT2D eigenvalue weighted by molar-refractivity contribution is -0.267. The molecule has 0 amide bonds. The van der Waals surface area contributed by atoms with Crippen molar-refractivity contribution in [2.24, 2.45) is 39.9 Å². The predicted molar refractivity (Wildman–Crippen MR) is 179 cm³/mol. The highest BCUT2D eigenvalue weighted by Crippen LogP contribution is 2.74. The topological polar surface area (TPSA) is 57.2 Å². The van der Waals surface area contributed by atoms with E-state index in [-0.39, 0.29) is 50.7 Å². The van der Waals surface area contributed by atoms with Crippen molar-refractivity contribution in [2.75, 3.05) is 13.9 Å². The summed E-state index contributed by atoms with van der Waals surface area (Å²) in [4.78, 5) is 0. The zero-order valence-corrected chi connectivity index (χ0v) is 32.1. The molecule has 0 heterocycles. The molecule has 0 aromatic carbocycles. The van der Waals surface area contributed by atoms with Crippen LogP contribution in [0, 0.1) is 39.9 Å². The van der Waals surface area contributed by atoms with E-state index in [1.54, 1.807) is 7.11 Å². The van der Waals surface area contributed by atoms with Crippen LogP contribution in [0.1, 0.15) is 108 Å². The average molecular weight is 625 g/mol. The summed E-state index contributed by atoms with van der Waals surface area (Å²) < 4.78 is 27.3. The van der Waals surface area contributed by atoms with Crippen LogP contribution in [0.15, 0.2) is 0 Å². The molecule has 0 radical (unpaired) electrons. The maximum Gasteiger partial charge on any atom is 0.192 e. The van der Waals surface area contributed by atoms with Gasteiger partial charge in [-0.15, -0.1) is 0 Å². The Morgan fingerprint density at radius 3 is 1.95 bits per heavy atom. The van der Waals surface area contributed by atoms with Crippen molar-refractivity contribution in [2.45, 2.75) is 168 Å². The van der Waals surface area contributed by atoms with Gasteiger partial charge in [0.05, 0.1) is 18.3 Å². The predicted octanol–water partition coefficient (Wildman–Crippen LogP) is 9.02. The molecule has 0 spiro atoms. The molecular weight excluding hydrogens is 557 g/mol. The molecule has 246 valence electrons. The molecule has 0 aliphatic heterocycles. The fourth-order valence-corrected chi connectivity index (χ4v) is 12.7. The SMILES string of the molecule is COCO[C@H]1CC[C@@]2(C)[C@H]3[C@H](O[Si](C)(C)C(C)(C)C)C[C@@H]4[C@H](O)C[C@H](C)C[C@H]4[C@]3(C)C[C@@H](O[Si](C)(C)C(C)(C)C)[C@@]12C. The van der Waals surface area contributed by atoms with Gasteiger partial charge in [0, 0.05) is 18.6 Å². The van der Waals surface area contributed by atoms with E-state index in [1.165, 1.54) is 6.42 Å². The maximum atomic E-state index is 11.7. The van der Waals surface area contributed by atoms with Crippen LogP contribution < -0.4 is 0 Å². The minimum atomic E-state index is -2.09. The van der Waals surface area contributed by atoms with Gasteiger partial charge >= 0.3 is 0 Å². The first-order valence-electron chi connectivity index (χ1n) is 17.1. The first kappa shape index (κ1) is 35.1. The molecule has 11 atom stereocenters. The number of hydrogen-bond acceptors (Lipinski definition) is 5. The second-order valence-electron chi connectivity index (χ2n) is 18.9. The molecule has 1 N–H and O–H groups in total. The van der Waals surface area contributed by atoms with Gasteiger partial charge in [0.15, 0.2) is 16.6 Å². The largest absolute Gasteiger partial charge is 0.414 e. The highest BCUT2D eigenvalue weighted by atomic mass is 28.4. The van der Waals surface area contributed by atoms with Crippen LogP contribution in [-0.4, -0.2) is 60.1 Å². The third-order valence-electron chi connectivity index (χ3n) is 14.4. The number of aliphatic hydroxyl groups is 1. The Morgan fingerprint density at radius 1 is 0.833 bits per heavy atom. The lowest BCUT2D eigenvalue weighted by atomic mass is 9.38. The molecule has 4 saturated carbocycles. The van der Waals surface area contributed by atoms with Crippen LogP contribution in [0.3, 0.4) is 0 Å². The van der Waals surface area contributed by atoms with Crippen LogP contribution in [0.2, 0.25) is 36.3 Å². The summed E-state index contributed by atoms with van der Waals surface area (Å²) in [6.45, 7) is 34.2. The number of methoxy groups -OCH3 is 1. The molecule has 7 heteroatoms. The normalized spacial score (nSPS) is 44.9. The molecule has 5 nitrogen and oxygen atoms in total. The molecule has 4 aliphatic rings. The van der Waals surface area contributed by atoms with Crippen molar-refractivity contribution in [3.8, 4) is 0 Å². The zero-order chi connectivity index (χ0) is 31.9. The van der Waals surface area contributed by atoms with Gasteiger partial charge in [0.2, 0.25) is 0 Å². The van der Waals surface area contributed by atoms with E-state index in [0.29, 0.717) is 30.5 Å². The van der Waals surface area contributed by atoms with Crippen molar-refractivity contribution < 1.29 is 23.4 Å². The molecule has 4 rings (SSSR count). The van der Waals surface area contributed by atoms with E-state index in [1.807, 2.05) is 0 Å². The summed E-state index contributed by atoms with van der Waals surface area (Å²) >= 11 is 0. The van der Waals surface area contributed by atoms with Gasteiger partial charge in [-0.1, -0.05) is 69.2 Å². The van der Waals surface area contributed by atoms with Gasteiger partial charge in [-0.05, 0) is 109 Å². The number of hydrogen-bond donors (Lipinski definition) is 1. The summed E-state index contributed by atoms with van der Waals surface area (Å²) in [5.74, 6) is 1.70. The van der Waals surface area contributed by atoms with Gasteiger partial charge in [0.25, 0.3) is 0 Å². The molecule has 0 unspecified atom stereocenters. The summed E-state index contributed by atoms with van der Waals surface area (Å²) in [7, 11) is -2.43. The molecule has 0 saturated heterocycles. The highest BCUT2D eigenvalue weighted by molar-refractivity contribution is 6.74. The summed E-state index contributed by atoms with van der Waals surface area (Å²) in [6.07, 6.45) is 6.33. The van der Waals surface area contributed by atoms with Crippen LogP contribution >= 0.6 is 0 Å². The fourth-order valence-electron chi connectivity index (χ4n) is 9.93. The Morgan fingerprint density at radius 2 is 1.40 bits per heavy atom. The van der Waals surface area contributed by atoms with Crippen LogP contribution in [-0.2, 0) is 18.3 Å². The Bertz CT molecular complexity index is 971. The van der Waals surface area contributed by atoms with Gasteiger partial charge in [-0.3, -0.25) is 0 Å². The summed E-state index contributed by atoms with van der Waals surface area (Å²) in [5, 5.41) is 11.9. The molecule has 0 bridgehead atoms. The van der Waals surface area contributed by atoms with E-state index < -0.39 is 16.6 Å². The fraction of sp³-hybridized carbons (Fsp3) is 1.00. The van der Waals surface area contributed by atoms with E-state index in [2.05, 4.69) is 95.4 Å². The van der Waals surface area contributed by atoms with E-state index in [4.69, 9.17) is 18.3 Å². The Hall–Kier alpha value is 0.234. The van der Waals surface area contributed by atoms with Crippen molar-refractivity contribution in [1.29, 1.82) is 0 Å². The third-order valence-corrected chi connectivity index (χ3v) is 23.4. The first-order chi connectivity index (χ1) is 19.0. The standard InChI is InChI=1S/C35H68O5Si2/c1-23-18-25-24(26(36)19-23)20-27(39-41(12,13)31(2,3)4)30-33(25,8)21-29(40-42(14,15)32(5,6)7)35(10)28(38-22-37-11)16-17-34(30,35)9/h23-30,36H,16-22H2,1-15H3/t23-,24+,25-,26-,27-,28+,29-,30+,33+,34+,35-/m1/s1. The van der Waals surface area contributed by atoms with Crippen molar-refractivity contribution in [3.05, 3.63) is 0 Å². The summed E-state index contributed by atoms with van der Waals surface area (Å²) in [5.41, 5.74) is -0.163. The van der Waals surface area contributed by atoms with Gasteiger partial charge in [0.1, 0.15) is 6.79 Å². The first-order valence-corrected chi connectivity index (χ1v) is 22.9. The maximum absolute atomic E-state index is 11.7. The second kappa shape index (κ2) is 11.2. The van der Waals surface area contributed by atoms with Crippen molar-refractivity contribution in [1.82, 2.24) is 0 Å². The van der Waals surface area contributed by atoms with Gasteiger partial charge in [-0.25, -0.2) is 0 Å². The lowest BCUT2D eigenvalue weighted by Gasteiger charge is -2.71. The Labute approximate surface area is 261 Å². The molecule has 0 aromatic rings. The minimum Gasteiger partial charge on any atom is -0.414 e. The van der Waals surface area contributed by atoms with Crippen LogP contribution in [0.4, 0.5) is 0 Å². The summed E-state index contributed by atoms with van der Waals surface area (Å²) in [6, 6.07) is 0. The molecule has 42 heavy (non-hydrogen) atoms. The van der Waals surface area contributed by atoms with Crippen LogP contribution in [0.5, 0.6) is 0 Å². The Balaban J connectivity index is 1.91. The molecule has 4 fully saturated rings.